The summed E-state index contributed by atoms with van der Waals surface area (Å²) in [5.74, 6) is 0.124. The van der Waals surface area contributed by atoms with Crippen molar-refractivity contribution in [1.29, 1.82) is 5.26 Å². The summed E-state index contributed by atoms with van der Waals surface area (Å²) in [5, 5.41) is 9.34. The zero-order chi connectivity index (χ0) is 13.5. The van der Waals surface area contributed by atoms with E-state index >= 15 is 0 Å². The number of fused-ring (bicyclic) bond motifs is 1. The fourth-order valence-electron chi connectivity index (χ4n) is 2.96. The van der Waals surface area contributed by atoms with Gasteiger partial charge in [0.2, 0.25) is 5.91 Å². The van der Waals surface area contributed by atoms with Crippen LogP contribution in [0.3, 0.4) is 0 Å². The third-order valence-corrected chi connectivity index (χ3v) is 4.31. The Morgan fingerprint density at radius 3 is 2.79 bits per heavy atom. The van der Waals surface area contributed by atoms with Gasteiger partial charge in [0.25, 0.3) is 0 Å². The van der Waals surface area contributed by atoms with Gasteiger partial charge in [0.1, 0.15) is 0 Å². The molecule has 0 bridgehead atoms. The van der Waals surface area contributed by atoms with Gasteiger partial charge in [-0.15, -0.1) is 0 Å². The van der Waals surface area contributed by atoms with E-state index in [1.165, 1.54) is 0 Å². The Morgan fingerprint density at radius 1 is 1.37 bits per heavy atom. The normalized spacial score (nSPS) is 20.4. The number of carbonyl (C=O) groups excluding carboxylic acids is 1. The fourth-order valence-corrected chi connectivity index (χ4v) is 2.96. The van der Waals surface area contributed by atoms with Gasteiger partial charge >= 0.3 is 0 Å². The van der Waals surface area contributed by atoms with Gasteiger partial charge in [-0.05, 0) is 43.0 Å². The van der Waals surface area contributed by atoms with Crippen LogP contribution < -0.4 is 10.6 Å². The first-order valence-electron chi connectivity index (χ1n) is 6.74. The van der Waals surface area contributed by atoms with Crippen LogP contribution in [0.2, 0.25) is 0 Å². The molecular formula is C15H17N3O. The molecule has 0 saturated heterocycles. The molecule has 2 aliphatic rings. The summed E-state index contributed by atoms with van der Waals surface area (Å²) in [6, 6.07) is 8.08. The number of hydrogen-bond donors (Lipinski definition) is 1. The van der Waals surface area contributed by atoms with Crippen molar-refractivity contribution in [2.24, 2.45) is 5.41 Å². The lowest BCUT2D eigenvalue weighted by Gasteiger charge is -2.41. The molecule has 3 rings (SSSR count). The number of nitrogens with zero attached hydrogens (tertiary/aromatic N) is 2. The Hall–Kier alpha value is -2.02. The predicted octanol–water partition coefficient (Wildman–Crippen LogP) is 2.24. The summed E-state index contributed by atoms with van der Waals surface area (Å²) in [6.45, 7) is 0.527. The average molecular weight is 255 g/mol. The topological polar surface area (TPSA) is 70.1 Å². The maximum absolute atomic E-state index is 12.2. The Bertz CT molecular complexity index is 569. The zero-order valence-corrected chi connectivity index (χ0v) is 10.9. The molecule has 2 N–H and O–H groups in total. The Balaban J connectivity index is 1.93. The highest BCUT2D eigenvalue weighted by atomic mass is 16.2. The van der Waals surface area contributed by atoms with Gasteiger partial charge in [0.15, 0.2) is 0 Å². The maximum Gasteiger partial charge on any atom is 0.227 e. The van der Waals surface area contributed by atoms with Crippen LogP contribution in [-0.2, 0) is 11.2 Å². The average Bonchev–Trinajstić information content (AvgIpc) is 2.36. The highest BCUT2D eigenvalue weighted by molar-refractivity contribution is 5.96. The minimum Gasteiger partial charge on any atom is -0.399 e. The Morgan fingerprint density at radius 2 is 2.16 bits per heavy atom. The third kappa shape index (κ3) is 1.95. The molecule has 1 saturated carbocycles. The van der Waals surface area contributed by atoms with E-state index < -0.39 is 0 Å². The van der Waals surface area contributed by atoms with Crippen LogP contribution in [-0.4, -0.2) is 12.5 Å². The number of amides is 1. The van der Waals surface area contributed by atoms with Crippen LogP contribution in [0.15, 0.2) is 18.2 Å². The van der Waals surface area contributed by atoms with Crippen molar-refractivity contribution in [1.82, 2.24) is 0 Å². The lowest BCUT2D eigenvalue weighted by molar-refractivity contribution is -0.119. The number of nitrogen functional groups attached to an aromatic ring is 1. The molecule has 1 amide bonds. The van der Waals surface area contributed by atoms with Crippen LogP contribution in [0.25, 0.3) is 0 Å². The number of hydrogen-bond acceptors (Lipinski definition) is 3. The molecule has 0 aromatic heterocycles. The maximum atomic E-state index is 12.2. The smallest absolute Gasteiger partial charge is 0.227 e. The van der Waals surface area contributed by atoms with Gasteiger partial charge in [-0.1, -0.05) is 6.42 Å². The molecular weight excluding hydrogens is 238 g/mol. The number of anilines is 2. The summed E-state index contributed by atoms with van der Waals surface area (Å²) < 4.78 is 0. The van der Waals surface area contributed by atoms with Gasteiger partial charge in [0.05, 0.1) is 11.5 Å². The first-order chi connectivity index (χ1) is 9.13. The van der Waals surface area contributed by atoms with Crippen molar-refractivity contribution in [2.75, 3.05) is 17.2 Å². The third-order valence-electron chi connectivity index (χ3n) is 4.31. The van der Waals surface area contributed by atoms with Gasteiger partial charge < -0.3 is 10.6 Å². The summed E-state index contributed by atoms with van der Waals surface area (Å²) in [6.07, 6.45) is 4.15. The fraction of sp³-hybridized carbons (Fsp3) is 0.467. The Kier molecular flexibility index (Phi) is 2.70. The highest BCUT2D eigenvalue weighted by Gasteiger charge is 2.41. The monoisotopic (exact) mass is 255 g/mol. The van der Waals surface area contributed by atoms with Gasteiger partial charge in [-0.25, -0.2) is 0 Å². The van der Waals surface area contributed by atoms with Crippen LogP contribution >= 0.6 is 0 Å². The van der Waals surface area contributed by atoms with Gasteiger partial charge in [-0.3, -0.25) is 4.79 Å². The molecule has 4 heteroatoms. The molecule has 98 valence electrons. The minimum atomic E-state index is -0.328. The second-order valence-electron chi connectivity index (χ2n) is 5.61. The number of aryl methyl sites for hydroxylation is 1. The van der Waals surface area contributed by atoms with Crippen molar-refractivity contribution in [3.8, 4) is 6.07 Å². The summed E-state index contributed by atoms with van der Waals surface area (Å²) in [7, 11) is 0. The SMILES string of the molecule is N#CC1(CN2C(=O)CCc3cc(N)ccc32)CCC1. The molecule has 19 heavy (non-hydrogen) atoms. The van der Waals surface area contributed by atoms with Crippen LogP contribution in [0.4, 0.5) is 11.4 Å². The second kappa shape index (κ2) is 4.27. The zero-order valence-electron chi connectivity index (χ0n) is 10.9. The minimum absolute atomic E-state index is 0.124. The molecule has 0 spiro atoms. The Labute approximate surface area is 112 Å². The second-order valence-corrected chi connectivity index (χ2v) is 5.61. The molecule has 0 radical (unpaired) electrons. The highest BCUT2D eigenvalue weighted by Crippen LogP contribution is 2.43. The van der Waals surface area contributed by atoms with E-state index in [1.807, 2.05) is 18.2 Å². The molecule has 1 aliphatic carbocycles. The van der Waals surface area contributed by atoms with E-state index in [0.717, 1.165) is 42.6 Å². The molecule has 1 heterocycles. The number of carbonyl (C=O) groups is 1. The molecule has 1 aromatic rings. The molecule has 0 unspecified atom stereocenters. The number of nitrogens with two attached hydrogens (primary N) is 1. The lowest BCUT2D eigenvalue weighted by Crippen LogP contribution is -2.46. The first kappa shape index (κ1) is 12.0. The molecule has 1 aliphatic heterocycles. The van der Waals surface area contributed by atoms with E-state index in [0.29, 0.717) is 13.0 Å². The summed E-state index contributed by atoms with van der Waals surface area (Å²) in [4.78, 5) is 14.0. The molecule has 0 atom stereocenters. The van der Waals surface area contributed by atoms with Gasteiger partial charge in [-0.2, -0.15) is 5.26 Å². The molecule has 1 fully saturated rings. The van der Waals surface area contributed by atoms with E-state index in [4.69, 9.17) is 5.73 Å². The standard InChI is InChI=1S/C15H17N3O/c16-9-15(6-1-7-15)10-18-13-4-3-12(17)8-11(13)2-5-14(18)19/h3-4,8H,1-2,5-7,10,17H2. The van der Waals surface area contributed by atoms with Crippen LogP contribution in [0, 0.1) is 16.7 Å². The van der Waals surface area contributed by atoms with E-state index in [-0.39, 0.29) is 11.3 Å². The summed E-state index contributed by atoms with van der Waals surface area (Å²) >= 11 is 0. The van der Waals surface area contributed by atoms with Crippen molar-refractivity contribution in [2.45, 2.75) is 32.1 Å². The number of rotatable bonds is 2. The van der Waals surface area contributed by atoms with Crippen molar-refractivity contribution in [3.05, 3.63) is 23.8 Å². The number of benzene rings is 1. The quantitative estimate of drug-likeness (QED) is 0.824. The molecule has 4 nitrogen and oxygen atoms in total. The largest absolute Gasteiger partial charge is 0.399 e. The van der Waals surface area contributed by atoms with Crippen molar-refractivity contribution in [3.63, 3.8) is 0 Å². The molecule has 1 aromatic carbocycles. The van der Waals surface area contributed by atoms with Crippen molar-refractivity contribution >= 4 is 17.3 Å². The van der Waals surface area contributed by atoms with Gasteiger partial charge in [0, 0.05) is 24.3 Å². The lowest BCUT2D eigenvalue weighted by atomic mass is 9.69. The van der Waals surface area contributed by atoms with Crippen LogP contribution in [0.1, 0.15) is 31.2 Å². The summed E-state index contributed by atoms with van der Waals surface area (Å²) in [5.41, 5.74) is 8.25. The van der Waals surface area contributed by atoms with E-state index in [9.17, 15) is 10.1 Å². The first-order valence-corrected chi connectivity index (χ1v) is 6.74. The van der Waals surface area contributed by atoms with E-state index in [2.05, 4.69) is 6.07 Å². The van der Waals surface area contributed by atoms with E-state index in [1.54, 1.807) is 4.90 Å². The predicted molar refractivity (Wildman–Crippen MR) is 73.4 cm³/mol. The van der Waals surface area contributed by atoms with Crippen molar-refractivity contribution < 1.29 is 4.79 Å². The van der Waals surface area contributed by atoms with Crippen LogP contribution in [0.5, 0.6) is 0 Å². The number of nitriles is 1.